The van der Waals surface area contributed by atoms with Gasteiger partial charge < -0.3 is 10.2 Å². The second kappa shape index (κ2) is 9.62. The van der Waals surface area contributed by atoms with E-state index in [1.54, 1.807) is 0 Å². The van der Waals surface area contributed by atoms with E-state index in [1.165, 1.54) is 6.42 Å². The number of nitriles is 1. The summed E-state index contributed by atoms with van der Waals surface area (Å²) in [6.45, 7) is 12.7. The lowest BCUT2D eigenvalue weighted by molar-refractivity contribution is 0.233. The lowest BCUT2D eigenvalue weighted by Gasteiger charge is -2.26. The van der Waals surface area contributed by atoms with Gasteiger partial charge in [-0.1, -0.05) is 34.1 Å². The van der Waals surface area contributed by atoms with Crippen molar-refractivity contribution in [3.63, 3.8) is 0 Å². The molecule has 1 N–H and O–H groups in total. The quantitative estimate of drug-likeness (QED) is 0.654. The van der Waals surface area contributed by atoms with E-state index in [-0.39, 0.29) is 6.04 Å². The maximum absolute atomic E-state index is 9.05. The molecule has 0 aliphatic carbocycles. The summed E-state index contributed by atoms with van der Waals surface area (Å²) in [5, 5.41) is 12.3. The molecular weight excluding hydrogens is 198 g/mol. The Balaban J connectivity index is 4.02. The number of rotatable bonds is 9. The zero-order valence-corrected chi connectivity index (χ0v) is 11.3. The summed E-state index contributed by atoms with van der Waals surface area (Å²) < 4.78 is 0. The first-order valence-electron chi connectivity index (χ1n) is 6.53. The van der Waals surface area contributed by atoms with Crippen LogP contribution in [0, 0.1) is 17.2 Å². The minimum Gasteiger partial charge on any atom is -0.301 e. The molecule has 0 rings (SSSR count). The molecule has 0 radical (unpaired) electrons. The molecule has 2 unspecified atom stereocenters. The predicted molar refractivity (Wildman–Crippen MR) is 69.3 cm³/mol. The van der Waals surface area contributed by atoms with Crippen LogP contribution in [0.15, 0.2) is 0 Å². The molecule has 0 saturated heterocycles. The van der Waals surface area contributed by atoms with Gasteiger partial charge >= 0.3 is 0 Å². The molecule has 2 atom stereocenters. The summed E-state index contributed by atoms with van der Waals surface area (Å²) in [5.41, 5.74) is 0. The Hall–Kier alpha value is -0.590. The van der Waals surface area contributed by atoms with Crippen molar-refractivity contribution in [3.8, 4) is 6.07 Å². The highest BCUT2D eigenvalue weighted by atomic mass is 15.1. The molecule has 0 spiro atoms. The second-order valence-corrected chi connectivity index (χ2v) is 4.50. The predicted octanol–water partition coefficient (Wildman–Crippen LogP) is 2.25. The molecule has 0 aliphatic rings. The molecule has 0 aromatic heterocycles. The molecule has 0 bridgehead atoms. The fourth-order valence-corrected chi connectivity index (χ4v) is 1.63. The van der Waals surface area contributed by atoms with Crippen LogP contribution in [0.5, 0.6) is 0 Å². The van der Waals surface area contributed by atoms with Gasteiger partial charge in [-0.25, -0.2) is 0 Å². The van der Waals surface area contributed by atoms with Crippen LogP contribution in [0.4, 0.5) is 0 Å². The van der Waals surface area contributed by atoms with Crippen molar-refractivity contribution in [2.45, 2.75) is 46.6 Å². The smallest absolute Gasteiger partial charge is 0.108 e. The van der Waals surface area contributed by atoms with Gasteiger partial charge in [0.2, 0.25) is 0 Å². The first-order chi connectivity index (χ1) is 7.67. The monoisotopic (exact) mass is 225 g/mol. The van der Waals surface area contributed by atoms with Crippen molar-refractivity contribution in [2.24, 2.45) is 5.92 Å². The van der Waals surface area contributed by atoms with Crippen molar-refractivity contribution in [3.05, 3.63) is 0 Å². The van der Waals surface area contributed by atoms with Crippen molar-refractivity contribution >= 4 is 0 Å². The van der Waals surface area contributed by atoms with E-state index in [9.17, 15) is 0 Å². The largest absolute Gasteiger partial charge is 0.301 e. The summed E-state index contributed by atoms with van der Waals surface area (Å²) >= 11 is 0. The summed E-state index contributed by atoms with van der Waals surface area (Å²) in [4.78, 5) is 2.37. The van der Waals surface area contributed by atoms with Gasteiger partial charge in [-0.15, -0.1) is 0 Å². The molecule has 0 aliphatic heterocycles. The molecule has 0 saturated carbocycles. The Morgan fingerprint density at radius 2 is 1.94 bits per heavy atom. The van der Waals surface area contributed by atoms with Crippen LogP contribution in [-0.2, 0) is 0 Å². The maximum atomic E-state index is 9.05. The first-order valence-corrected chi connectivity index (χ1v) is 6.53. The van der Waals surface area contributed by atoms with Crippen molar-refractivity contribution in [1.29, 1.82) is 5.26 Å². The van der Waals surface area contributed by atoms with Crippen molar-refractivity contribution < 1.29 is 0 Å². The van der Waals surface area contributed by atoms with E-state index < -0.39 is 0 Å². The topological polar surface area (TPSA) is 39.1 Å². The fourth-order valence-electron chi connectivity index (χ4n) is 1.63. The molecule has 0 fully saturated rings. The third-order valence-corrected chi connectivity index (χ3v) is 2.95. The lowest BCUT2D eigenvalue weighted by Crippen LogP contribution is -2.42. The summed E-state index contributed by atoms with van der Waals surface area (Å²) in [7, 11) is 0. The zero-order chi connectivity index (χ0) is 12.4. The Morgan fingerprint density at radius 3 is 2.38 bits per heavy atom. The lowest BCUT2D eigenvalue weighted by atomic mass is 10.1. The first kappa shape index (κ1) is 15.4. The number of nitrogens with one attached hydrogen (secondary N) is 1. The Bertz CT molecular complexity index is 198. The molecule has 0 heterocycles. The minimum absolute atomic E-state index is 0.0241. The summed E-state index contributed by atoms with van der Waals surface area (Å²) in [5.74, 6) is 0.713. The van der Waals surface area contributed by atoms with E-state index in [1.807, 2.05) is 0 Å². The van der Waals surface area contributed by atoms with Crippen molar-refractivity contribution in [2.75, 3.05) is 26.2 Å². The van der Waals surface area contributed by atoms with Gasteiger partial charge in [-0.2, -0.15) is 5.26 Å². The minimum atomic E-state index is -0.0241. The van der Waals surface area contributed by atoms with Gasteiger partial charge in [-0.05, 0) is 25.4 Å². The highest BCUT2D eigenvalue weighted by molar-refractivity contribution is 4.92. The molecule has 94 valence electrons. The van der Waals surface area contributed by atoms with E-state index in [4.69, 9.17) is 5.26 Å². The normalized spacial score (nSPS) is 14.8. The van der Waals surface area contributed by atoms with Gasteiger partial charge in [0.15, 0.2) is 0 Å². The molecule has 0 aromatic carbocycles. The van der Waals surface area contributed by atoms with Crippen LogP contribution in [0.3, 0.4) is 0 Å². The van der Waals surface area contributed by atoms with Gasteiger partial charge in [0.25, 0.3) is 0 Å². The zero-order valence-electron chi connectivity index (χ0n) is 11.3. The number of hydrogen-bond acceptors (Lipinski definition) is 3. The highest BCUT2D eigenvalue weighted by Gasteiger charge is 2.13. The third kappa shape index (κ3) is 6.81. The van der Waals surface area contributed by atoms with Crippen LogP contribution in [0.1, 0.15) is 40.5 Å². The average Bonchev–Trinajstić information content (AvgIpc) is 2.32. The molecule has 3 nitrogen and oxygen atoms in total. The van der Waals surface area contributed by atoms with Crippen LogP contribution in [0.2, 0.25) is 0 Å². The number of nitrogens with zero attached hydrogens (tertiary/aromatic N) is 2. The van der Waals surface area contributed by atoms with Gasteiger partial charge in [0, 0.05) is 13.1 Å². The second-order valence-electron chi connectivity index (χ2n) is 4.50. The SMILES string of the molecule is CCCNC(C#N)CN(CC)CC(C)CC. The highest BCUT2D eigenvalue weighted by Crippen LogP contribution is 2.04. The van der Waals surface area contributed by atoms with Gasteiger partial charge in [-0.3, -0.25) is 0 Å². The number of hydrogen-bond donors (Lipinski definition) is 1. The van der Waals surface area contributed by atoms with Gasteiger partial charge in [0.05, 0.1) is 6.07 Å². The van der Waals surface area contributed by atoms with Crippen LogP contribution in [0.25, 0.3) is 0 Å². The number of likely N-dealkylation sites (N-methyl/N-ethyl adjacent to an activating group) is 1. The van der Waals surface area contributed by atoms with E-state index >= 15 is 0 Å². The average molecular weight is 225 g/mol. The molecular formula is C13H27N3. The molecule has 0 aromatic rings. The maximum Gasteiger partial charge on any atom is 0.108 e. The van der Waals surface area contributed by atoms with Crippen molar-refractivity contribution in [1.82, 2.24) is 10.2 Å². The summed E-state index contributed by atoms with van der Waals surface area (Å²) in [6.07, 6.45) is 2.28. The summed E-state index contributed by atoms with van der Waals surface area (Å²) in [6, 6.07) is 2.32. The molecule has 16 heavy (non-hydrogen) atoms. The fraction of sp³-hybridized carbons (Fsp3) is 0.923. The standard InChI is InChI=1S/C13H27N3/c1-5-8-15-13(9-14)11-16(7-3)10-12(4)6-2/h12-13,15H,5-8,10-11H2,1-4H3. The van der Waals surface area contributed by atoms with E-state index in [2.05, 4.69) is 44.0 Å². The van der Waals surface area contributed by atoms with Crippen LogP contribution < -0.4 is 5.32 Å². The third-order valence-electron chi connectivity index (χ3n) is 2.95. The van der Waals surface area contributed by atoms with Crippen LogP contribution >= 0.6 is 0 Å². The Kier molecular flexibility index (Phi) is 9.27. The van der Waals surface area contributed by atoms with E-state index in [0.29, 0.717) is 5.92 Å². The molecule has 3 heteroatoms. The van der Waals surface area contributed by atoms with Gasteiger partial charge in [0.1, 0.15) is 6.04 Å². The Labute approximate surface area is 101 Å². The molecule has 0 amide bonds. The van der Waals surface area contributed by atoms with E-state index in [0.717, 1.165) is 32.6 Å². The Morgan fingerprint density at radius 1 is 1.25 bits per heavy atom. The van der Waals surface area contributed by atoms with Crippen LogP contribution in [-0.4, -0.2) is 37.1 Å².